The van der Waals surface area contributed by atoms with E-state index in [1.54, 1.807) is 11.8 Å². The van der Waals surface area contributed by atoms with E-state index in [2.05, 4.69) is 5.32 Å². The number of urea groups is 1. The van der Waals surface area contributed by atoms with Gasteiger partial charge in [-0.3, -0.25) is 10.1 Å². The van der Waals surface area contributed by atoms with E-state index < -0.39 is 6.03 Å². The Labute approximate surface area is 118 Å². The van der Waals surface area contributed by atoms with Crippen molar-refractivity contribution in [1.82, 2.24) is 5.32 Å². The summed E-state index contributed by atoms with van der Waals surface area (Å²) >= 11 is 1.79. The van der Waals surface area contributed by atoms with Crippen molar-refractivity contribution < 1.29 is 9.59 Å². The standard InChI is InChI=1S/C14H22N2O2S/c1-8(12(17)16-13(15)18)19-14-5-9-2-10(6-14)4-11(3-9)7-14/h8-11H,2-7H2,1H3,(H3,15,16,17,18)/t8-,9?,10?,11?,14?/m0/s1. The van der Waals surface area contributed by atoms with Gasteiger partial charge < -0.3 is 5.73 Å². The zero-order chi connectivity index (χ0) is 13.6. The first-order valence-electron chi connectivity index (χ1n) is 7.24. The van der Waals surface area contributed by atoms with Crippen LogP contribution in [-0.2, 0) is 4.79 Å². The normalized spacial score (nSPS) is 41.0. The summed E-state index contributed by atoms with van der Waals surface area (Å²) in [6, 6.07) is -0.747. The molecule has 0 aromatic rings. The van der Waals surface area contributed by atoms with Crippen molar-refractivity contribution >= 4 is 23.7 Å². The second kappa shape index (κ2) is 4.69. The first-order chi connectivity index (χ1) is 8.96. The molecule has 19 heavy (non-hydrogen) atoms. The first kappa shape index (κ1) is 13.3. The molecule has 106 valence electrons. The zero-order valence-corrected chi connectivity index (χ0v) is 12.2. The van der Waals surface area contributed by atoms with E-state index in [0.29, 0.717) is 4.75 Å². The van der Waals surface area contributed by atoms with Crippen molar-refractivity contribution in [2.75, 3.05) is 0 Å². The number of nitrogens with one attached hydrogen (secondary N) is 1. The quantitative estimate of drug-likeness (QED) is 0.834. The average Bonchev–Trinajstić information content (AvgIpc) is 2.24. The Hall–Kier alpha value is -0.710. The molecule has 3 N–H and O–H groups in total. The summed E-state index contributed by atoms with van der Waals surface area (Å²) < 4.78 is 0.295. The molecule has 0 heterocycles. The minimum atomic E-state index is -0.747. The van der Waals surface area contributed by atoms with Gasteiger partial charge in [-0.25, -0.2) is 4.79 Å². The minimum Gasteiger partial charge on any atom is -0.351 e. The molecule has 0 spiro atoms. The van der Waals surface area contributed by atoms with Crippen molar-refractivity contribution in [2.24, 2.45) is 23.5 Å². The zero-order valence-electron chi connectivity index (χ0n) is 11.4. The smallest absolute Gasteiger partial charge is 0.318 e. The lowest BCUT2D eigenvalue weighted by Gasteiger charge is -2.56. The van der Waals surface area contributed by atoms with Gasteiger partial charge in [0.15, 0.2) is 0 Å². The Morgan fingerprint density at radius 2 is 1.63 bits per heavy atom. The number of nitrogens with two attached hydrogens (primary N) is 1. The molecule has 4 bridgehead atoms. The highest BCUT2D eigenvalue weighted by Gasteiger charge is 2.52. The molecule has 0 unspecified atom stereocenters. The van der Waals surface area contributed by atoms with Crippen molar-refractivity contribution in [3.05, 3.63) is 0 Å². The van der Waals surface area contributed by atoms with E-state index in [1.165, 1.54) is 38.5 Å². The second-order valence-corrected chi connectivity index (χ2v) is 8.52. The van der Waals surface area contributed by atoms with Crippen LogP contribution in [0.25, 0.3) is 0 Å². The Kier molecular flexibility index (Phi) is 3.28. The maximum absolute atomic E-state index is 11.8. The van der Waals surface area contributed by atoms with Crippen molar-refractivity contribution in [1.29, 1.82) is 0 Å². The number of hydrogen-bond donors (Lipinski definition) is 2. The van der Waals surface area contributed by atoms with E-state index in [4.69, 9.17) is 5.73 Å². The fourth-order valence-electron chi connectivity index (χ4n) is 4.83. The van der Waals surface area contributed by atoms with Gasteiger partial charge in [-0.2, -0.15) is 0 Å². The lowest BCUT2D eigenvalue weighted by atomic mass is 9.56. The lowest BCUT2D eigenvalue weighted by Crippen LogP contribution is -2.50. The molecule has 4 saturated carbocycles. The Balaban J connectivity index is 1.66. The van der Waals surface area contributed by atoms with E-state index in [9.17, 15) is 9.59 Å². The van der Waals surface area contributed by atoms with E-state index >= 15 is 0 Å². The fourth-order valence-corrected chi connectivity index (χ4v) is 6.74. The van der Waals surface area contributed by atoms with E-state index in [-0.39, 0.29) is 11.2 Å². The number of hydrogen-bond acceptors (Lipinski definition) is 3. The SMILES string of the molecule is C[C@H](SC12CC3CC(CC(C3)C1)C2)C(=O)NC(N)=O. The van der Waals surface area contributed by atoms with Crippen LogP contribution in [0.3, 0.4) is 0 Å². The van der Waals surface area contributed by atoms with Gasteiger partial charge >= 0.3 is 6.03 Å². The van der Waals surface area contributed by atoms with Crippen LogP contribution in [0.15, 0.2) is 0 Å². The maximum Gasteiger partial charge on any atom is 0.318 e. The van der Waals surface area contributed by atoms with E-state index in [0.717, 1.165) is 17.8 Å². The molecule has 0 aromatic heterocycles. The first-order valence-corrected chi connectivity index (χ1v) is 8.12. The van der Waals surface area contributed by atoms with Gasteiger partial charge in [-0.15, -0.1) is 11.8 Å². The van der Waals surface area contributed by atoms with Crippen LogP contribution in [0, 0.1) is 17.8 Å². The van der Waals surface area contributed by atoms with Crippen molar-refractivity contribution in [2.45, 2.75) is 55.4 Å². The highest BCUT2D eigenvalue weighted by Crippen LogP contribution is 2.61. The summed E-state index contributed by atoms with van der Waals surface area (Å²) in [6.07, 6.45) is 8.00. The summed E-state index contributed by atoms with van der Waals surface area (Å²) in [5, 5.41) is 2.01. The van der Waals surface area contributed by atoms with Crippen LogP contribution in [0.2, 0.25) is 0 Å². The topological polar surface area (TPSA) is 72.2 Å². The van der Waals surface area contributed by atoms with Gasteiger partial charge in [0.05, 0.1) is 5.25 Å². The van der Waals surface area contributed by atoms with Crippen LogP contribution >= 0.6 is 11.8 Å². The Morgan fingerprint density at radius 3 is 2.05 bits per heavy atom. The van der Waals surface area contributed by atoms with Crippen molar-refractivity contribution in [3.8, 4) is 0 Å². The highest BCUT2D eigenvalue weighted by molar-refractivity contribution is 8.01. The summed E-state index contributed by atoms with van der Waals surface area (Å²) in [4.78, 5) is 22.6. The number of thioether (sulfide) groups is 1. The molecule has 4 nitrogen and oxygen atoms in total. The van der Waals surface area contributed by atoms with Crippen LogP contribution in [0.5, 0.6) is 0 Å². The van der Waals surface area contributed by atoms with Gasteiger partial charge in [0, 0.05) is 4.75 Å². The maximum atomic E-state index is 11.8. The molecule has 3 amide bonds. The molecular formula is C14H22N2O2S. The predicted octanol–water partition coefficient (Wildman–Crippen LogP) is 2.27. The van der Waals surface area contributed by atoms with Gasteiger partial charge in [0.1, 0.15) is 0 Å². The fraction of sp³-hybridized carbons (Fsp3) is 0.857. The third kappa shape index (κ3) is 2.62. The molecule has 4 fully saturated rings. The molecule has 4 aliphatic rings. The van der Waals surface area contributed by atoms with Crippen LogP contribution in [0.4, 0.5) is 4.79 Å². The number of carbonyl (C=O) groups excluding carboxylic acids is 2. The molecule has 0 aromatic carbocycles. The molecule has 5 heteroatoms. The number of amides is 3. The summed E-state index contributed by atoms with van der Waals surface area (Å²) in [5.74, 6) is 2.40. The van der Waals surface area contributed by atoms with Crippen LogP contribution < -0.4 is 11.1 Å². The number of rotatable bonds is 3. The largest absolute Gasteiger partial charge is 0.351 e. The lowest BCUT2D eigenvalue weighted by molar-refractivity contribution is -0.119. The molecule has 0 aliphatic heterocycles. The number of primary amides is 1. The number of carbonyl (C=O) groups is 2. The van der Waals surface area contributed by atoms with Crippen LogP contribution in [-0.4, -0.2) is 21.9 Å². The summed E-state index contributed by atoms with van der Waals surface area (Å²) in [7, 11) is 0. The monoisotopic (exact) mass is 282 g/mol. The minimum absolute atomic E-state index is 0.191. The average molecular weight is 282 g/mol. The van der Waals surface area contributed by atoms with Crippen molar-refractivity contribution in [3.63, 3.8) is 0 Å². The summed E-state index contributed by atoms with van der Waals surface area (Å²) in [5.41, 5.74) is 5.01. The summed E-state index contributed by atoms with van der Waals surface area (Å²) in [6.45, 7) is 1.89. The molecule has 0 saturated heterocycles. The third-order valence-electron chi connectivity index (χ3n) is 5.02. The molecule has 1 atom stereocenters. The Morgan fingerprint density at radius 1 is 1.16 bits per heavy atom. The third-order valence-corrected chi connectivity index (χ3v) is 6.59. The predicted molar refractivity (Wildman–Crippen MR) is 75.7 cm³/mol. The molecular weight excluding hydrogens is 260 g/mol. The van der Waals surface area contributed by atoms with E-state index in [1.807, 2.05) is 6.92 Å². The van der Waals surface area contributed by atoms with Gasteiger partial charge in [0.2, 0.25) is 5.91 Å². The van der Waals surface area contributed by atoms with Crippen LogP contribution in [0.1, 0.15) is 45.4 Å². The molecule has 4 aliphatic carbocycles. The second-order valence-electron chi connectivity index (χ2n) is 6.71. The Bertz CT molecular complexity index is 375. The van der Waals surface area contributed by atoms with Gasteiger partial charge in [-0.1, -0.05) is 0 Å². The highest BCUT2D eigenvalue weighted by atomic mass is 32.2. The molecule has 0 radical (unpaired) electrons. The number of imide groups is 1. The molecule has 4 rings (SSSR count). The van der Waals surface area contributed by atoms with Gasteiger partial charge in [0.25, 0.3) is 0 Å². The van der Waals surface area contributed by atoms with Gasteiger partial charge in [-0.05, 0) is 63.2 Å².